The Morgan fingerprint density at radius 2 is 2.00 bits per heavy atom. The highest BCUT2D eigenvalue weighted by atomic mass is 16.2. The van der Waals surface area contributed by atoms with Crippen LogP contribution in [0.4, 0.5) is 0 Å². The molecular weight excluding hydrogens is 286 g/mol. The first-order valence-corrected chi connectivity index (χ1v) is 8.21. The summed E-state index contributed by atoms with van der Waals surface area (Å²) in [6, 6.07) is 14.6. The monoisotopic (exact) mass is 309 g/mol. The van der Waals surface area contributed by atoms with E-state index in [0.29, 0.717) is 11.6 Å². The predicted molar refractivity (Wildman–Crippen MR) is 91.3 cm³/mol. The van der Waals surface area contributed by atoms with Crippen molar-refractivity contribution in [1.29, 1.82) is 0 Å². The van der Waals surface area contributed by atoms with Gasteiger partial charge in [0, 0.05) is 44.6 Å². The van der Waals surface area contributed by atoms with Crippen LogP contribution in [-0.4, -0.2) is 52.9 Å². The molecule has 0 radical (unpaired) electrons. The first-order chi connectivity index (χ1) is 11.2. The third kappa shape index (κ3) is 3.96. The van der Waals surface area contributed by atoms with Crippen molar-refractivity contribution in [2.45, 2.75) is 19.4 Å². The summed E-state index contributed by atoms with van der Waals surface area (Å²) < 4.78 is 0. The number of carbonyl (C=O) groups excluding carboxylic acids is 1. The van der Waals surface area contributed by atoms with Gasteiger partial charge in [0.25, 0.3) is 5.91 Å². The zero-order valence-electron chi connectivity index (χ0n) is 13.6. The Bertz CT molecular complexity index is 630. The van der Waals surface area contributed by atoms with Gasteiger partial charge in [-0.1, -0.05) is 30.3 Å². The summed E-state index contributed by atoms with van der Waals surface area (Å²) in [6.45, 7) is 5.74. The number of hydrogen-bond donors (Lipinski definition) is 0. The topological polar surface area (TPSA) is 36.4 Å². The molecule has 1 atom stereocenters. The fraction of sp³-hybridized carbons (Fsp3) is 0.368. The minimum atomic E-state index is 0.0904. The second-order valence-electron chi connectivity index (χ2n) is 6.11. The van der Waals surface area contributed by atoms with Gasteiger partial charge < -0.3 is 4.90 Å². The van der Waals surface area contributed by atoms with Crippen LogP contribution in [0.3, 0.4) is 0 Å². The molecule has 1 aromatic carbocycles. The molecule has 1 aromatic heterocycles. The lowest BCUT2D eigenvalue weighted by Gasteiger charge is -2.40. The maximum absolute atomic E-state index is 12.5. The van der Waals surface area contributed by atoms with E-state index in [9.17, 15) is 4.79 Å². The number of benzene rings is 1. The Balaban J connectivity index is 1.54. The van der Waals surface area contributed by atoms with Crippen LogP contribution in [0, 0.1) is 0 Å². The van der Waals surface area contributed by atoms with Crippen LogP contribution in [0.25, 0.3) is 0 Å². The molecule has 23 heavy (non-hydrogen) atoms. The Kier molecular flexibility index (Phi) is 5.03. The second-order valence-corrected chi connectivity index (χ2v) is 6.11. The van der Waals surface area contributed by atoms with E-state index in [0.717, 1.165) is 32.6 Å². The molecule has 1 saturated heterocycles. The van der Waals surface area contributed by atoms with Gasteiger partial charge in [-0.3, -0.25) is 14.7 Å². The molecule has 1 unspecified atom stereocenters. The second kappa shape index (κ2) is 7.38. The largest absolute Gasteiger partial charge is 0.336 e. The number of hydrogen-bond acceptors (Lipinski definition) is 3. The summed E-state index contributed by atoms with van der Waals surface area (Å²) in [5.41, 5.74) is 2.05. The molecular formula is C19H23N3O. The maximum Gasteiger partial charge on any atom is 0.255 e. The number of piperazine rings is 1. The van der Waals surface area contributed by atoms with Gasteiger partial charge in [0.1, 0.15) is 0 Å². The summed E-state index contributed by atoms with van der Waals surface area (Å²) in [7, 11) is 0. The lowest BCUT2D eigenvalue weighted by molar-refractivity contribution is 0.0517. The Morgan fingerprint density at radius 1 is 1.17 bits per heavy atom. The molecule has 0 aliphatic carbocycles. The highest BCUT2D eigenvalue weighted by molar-refractivity contribution is 5.93. The maximum atomic E-state index is 12.5. The Labute approximate surface area is 137 Å². The SMILES string of the molecule is CC1CN(C(=O)c2cccnc2)CCN1CCc1ccccc1. The van der Waals surface area contributed by atoms with E-state index in [1.165, 1.54) is 5.56 Å². The first kappa shape index (κ1) is 15.7. The normalized spacial score (nSPS) is 18.8. The number of aromatic nitrogens is 1. The lowest BCUT2D eigenvalue weighted by atomic mass is 10.1. The highest BCUT2D eigenvalue weighted by Crippen LogP contribution is 2.13. The summed E-state index contributed by atoms with van der Waals surface area (Å²) in [6.07, 6.45) is 4.40. The van der Waals surface area contributed by atoms with Crippen molar-refractivity contribution < 1.29 is 4.79 Å². The number of amides is 1. The van der Waals surface area contributed by atoms with E-state index in [1.807, 2.05) is 17.0 Å². The van der Waals surface area contributed by atoms with Gasteiger partial charge in [-0.25, -0.2) is 0 Å². The van der Waals surface area contributed by atoms with Crippen molar-refractivity contribution in [3.05, 3.63) is 66.0 Å². The van der Waals surface area contributed by atoms with Crippen molar-refractivity contribution in [3.63, 3.8) is 0 Å². The fourth-order valence-electron chi connectivity index (χ4n) is 3.10. The minimum absolute atomic E-state index is 0.0904. The molecule has 2 aromatic rings. The molecule has 0 spiro atoms. The molecule has 3 rings (SSSR count). The van der Waals surface area contributed by atoms with Crippen LogP contribution in [0.1, 0.15) is 22.8 Å². The van der Waals surface area contributed by atoms with Gasteiger partial charge in [-0.2, -0.15) is 0 Å². The molecule has 0 saturated carbocycles. The summed E-state index contributed by atoms with van der Waals surface area (Å²) >= 11 is 0. The zero-order chi connectivity index (χ0) is 16.1. The third-order valence-corrected chi connectivity index (χ3v) is 4.49. The van der Waals surface area contributed by atoms with E-state index in [2.05, 4.69) is 47.1 Å². The Morgan fingerprint density at radius 3 is 2.70 bits per heavy atom. The molecule has 1 amide bonds. The molecule has 0 N–H and O–H groups in total. The van der Waals surface area contributed by atoms with E-state index < -0.39 is 0 Å². The Hall–Kier alpha value is -2.20. The molecule has 2 heterocycles. The van der Waals surface area contributed by atoms with Crippen molar-refractivity contribution in [3.8, 4) is 0 Å². The van der Waals surface area contributed by atoms with Gasteiger partial charge in [0.05, 0.1) is 5.56 Å². The van der Waals surface area contributed by atoms with Crippen LogP contribution in [0.5, 0.6) is 0 Å². The number of nitrogens with zero attached hydrogens (tertiary/aromatic N) is 3. The van der Waals surface area contributed by atoms with Gasteiger partial charge in [0.15, 0.2) is 0 Å². The van der Waals surface area contributed by atoms with Gasteiger partial charge >= 0.3 is 0 Å². The summed E-state index contributed by atoms with van der Waals surface area (Å²) in [5, 5.41) is 0. The minimum Gasteiger partial charge on any atom is -0.336 e. The smallest absolute Gasteiger partial charge is 0.255 e. The number of pyridine rings is 1. The van der Waals surface area contributed by atoms with E-state index in [4.69, 9.17) is 0 Å². The standard InChI is InChI=1S/C19H23N3O/c1-16-15-22(19(23)18-8-5-10-20-14-18)13-12-21(16)11-9-17-6-3-2-4-7-17/h2-8,10,14,16H,9,11-13,15H2,1H3. The van der Waals surface area contributed by atoms with Crippen LogP contribution in [-0.2, 0) is 6.42 Å². The van der Waals surface area contributed by atoms with E-state index in [-0.39, 0.29) is 5.91 Å². The third-order valence-electron chi connectivity index (χ3n) is 4.49. The van der Waals surface area contributed by atoms with Crippen LogP contribution < -0.4 is 0 Å². The van der Waals surface area contributed by atoms with Crippen molar-refractivity contribution in [2.75, 3.05) is 26.2 Å². The van der Waals surface area contributed by atoms with E-state index in [1.54, 1.807) is 12.4 Å². The quantitative estimate of drug-likeness (QED) is 0.870. The van der Waals surface area contributed by atoms with Gasteiger partial charge in [-0.05, 0) is 31.0 Å². The molecule has 1 fully saturated rings. The molecule has 0 bridgehead atoms. The van der Waals surface area contributed by atoms with Crippen molar-refractivity contribution >= 4 is 5.91 Å². The van der Waals surface area contributed by atoms with Crippen molar-refractivity contribution in [2.24, 2.45) is 0 Å². The number of rotatable bonds is 4. The van der Waals surface area contributed by atoms with Crippen LogP contribution >= 0.6 is 0 Å². The fourth-order valence-corrected chi connectivity index (χ4v) is 3.10. The first-order valence-electron chi connectivity index (χ1n) is 8.21. The van der Waals surface area contributed by atoms with Crippen LogP contribution in [0.2, 0.25) is 0 Å². The summed E-state index contributed by atoms with van der Waals surface area (Å²) in [5.74, 6) is 0.0904. The highest BCUT2D eigenvalue weighted by Gasteiger charge is 2.26. The van der Waals surface area contributed by atoms with Gasteiger partial charge in [-0.15, -0.1) is 0 Å². The van der Waals surface area contributed by atoms with Crippen molar-refractivity contribution in [1.82, 2.24) is 14.8 Å². The summed E-state index contributed by atoms with van der Waals surface area (Å²) in [4.78, 5) is 21.0. The molecule has 4 heteroatoms. The molecule has 1 aliphatic rings. The van der Waals surface area contributed by atoms with Gasteiger partial charge in [0.2, 0.25) is 0 Å². The predicted octanol–water partition coefficient (Wildman–Crippen LogP) is 2.47. The average Bonchev–Trinajstić information content (AvgIpc) is 2.61. The lowest BCUT2D eigenvalue weighted by Crippen LogP contribution is -2.54. The van der Waals surface area contributed by atoms with E-state index >= 15 is 0 Å². The number of carbonyl (C=O) groups is 1. The average molecular weight is 309 g/mol. The zero-order valence-corrected chi connectivity index (χ0v) is 13.6. The molecule has 1 aliphatic heterocycles. The molecule has 4 nitrogen and oxygen atoms in total. The van der Waals surface area contributed by atoms with Crippen LogP contribution in [0.15, 0.2) is 54.9 Å². The molecule has 120 valence electrons.